The maximum Gasteiger partial charge on any atom is 0.165 e. The molecule has 4 rings (SSSR count). The number of anilines is 1. The lowest BCUT2D eigenvalue weighted by Gasteiger charge is -2.15. The summed E-state index contributed by atoms with van der Waals surface area (Å²) < 4.78 is 7.17. The van der Waals surface area contributed by atoms with Crippen LogP contribution in [0.4, 0.5) is 5.82 Å². The lowest BCUT2D eigenvalue weighted by molar-refractivity contribution is 0.495. The highest BCUT2D eigenvalue weighted by molar-refractivity contribution is 5.88. The van der Waals surface area contributed by atoms with Crippen molar-refractivity contribution in [1.82, 2.24) is 24.7 Å². The van der Waals surface area contributed by atoms with E-state index in [0.29, 0.717) is 5.82 Å². The van der Waals surface area contributed by atoms with E-state index in [0.717, 1.165) is 41.0 Å². The van der Waals surface area contributed by atoms with Crippen molar-refractivity contribution in [1.29, 1.82) is 0 Å². The number of pyridine rings is 1. The SMILES string of the molecule is CC(CCc1ccco1)Nc1nc(-c2cccnc2)nc2c1cnn2C. The molecule has 0 aromatic carbocycles. The van der Waals surface area contributed by atoms with Gasteiger partial charge < -0.3 is 9.73 Å². The topological polar surface area (TPSA) is 81.7 Å². The average molecular weight is 348 g/mol. The molecule has 0 aliphatic rings. The van der Waals surface area contributed by atoms with Crippen molar-refractivity contribution in [2.75, 3.05) is 5.32 Å². The van der Waals surface area contributed by atoms with Gasteiger partial charge in [-0.2, -0.15) is 5.10 Å². The molecule has 0 fully saturated rings. The van der Waals surface area contributed by atoms with Crippen molar-refractivity contribution in [3.8, 4) is 11.4 Å². The molecular weight excluding hydrogens is 328 g/mol. The summed E-state index contributed by atoms with van der Waals surface area (Å²) in [6.07, 6.45) is 8.81. The molecule has 1 N–H and O–H groups in total. The maximum absolute atomic E-state index is 5.41. The minimum absolute atomic E-state index is 0.222. The molecule has 0 saturated heterocycles. The van der Waals surface area contributed by atoms with Crippen molar-refractivity contribution < 1.29 is 4.42 Å². The van der Waals surface area contributed by atoms with Crippen molar-refractivity contribution in [3.63, 3.8) is 0 Å². The van der Waals surface area contributed by atoms with Crippen LogP contribution in [-0.4, -0.2) is 30.8 Å². The molecule has 0 aliphatic carbocycles. The fourth-order valence-corrected chi connectivity index (χ4v) is 2.88. The number of hydrogen-bond donors (Lipinski definition) is 1. The summed E-state index contributed by atoms with van der Waals surface area (Å²) in [4.78, 5) is 13.6. The zero-order valence-corrected chi connectivity index (χ0v) is 14.8. The van der Waals surface area contributed by atoms with E-state index in [2.05, 4.69) is 27.3 Å². The molecule has 1 unspecified atom stereocenters. The smallest absolute Gasteiger partial charge is 0.165 e. The van der Waals surface area contributed by atoms with E-state index in [1.807, 2.05) is 31.3 Å². The molecule has 26 heavy (non-hydrogen) atoms. The third-order valence-electron chi connectivity index (χ3n) is 4.30. The highest BCUT2D eigenvalue weighted by Crippen LogP contribution is 2.25. The summed E-state index contributed by atoms with van der Waals surface area (Å²) in [5, 5.41) is 8.74. The van der Waals surface area contributed by atoms with Crippen LogP contribution in [0.3, 0.4) is 0 Å². The number of aryl methyl sites for hydroxylation is 2. The first-order valence-corrected chi connectivity index (χ1v) is 8.60. The number of furan rings is 1. The van der Waals surface area contributed by atoms with Crippen LogP contribution in [0.1, 0.15) is 19.1 Å². The Morgan fingerprint density at radius 1 is 1.19 bits per heavy atom. The summed E-state index contributed by atoms with van der Waals surface area (Å²) in [7, 11) is 1.88. The van der Waals surface area contributed by atoms with Crippen molar-refractivity contribution in [2.24, 2.45) is 7.05 Å². The van der Waals surface area contributed by atoms with Crippen molar-refractivity contribution in [3.05, 3.63) is 54.9 Å². The average Bonchev–Trinajstić information content (AvgIpc) is 3.31. The molecule has 0 bridgehead atoms. The molecule has 4 heterocycles. The van der Waals surface area contributed by atoms with Gasteiger partial charge in [-0.05, 0) is 37.6 Å². The van der Waals surface area contributed by atoms with Crippen LogP contribution in [0.15, 0.2) is 53.5 Å². The predicted molar refractivity (Wildman–Crippen MR) is 99.6 cm³/mol. The van der Waals surface area contributed by atoms with Gasteiger partial charge in [0.1, 0.15) is 11.6 Å². The van der Waals surface area contributed by atoms with Crippen LogP contribution >= 0.6 is 0 Å². The molecule has 7 heteroatoms. The summed E-state index contributed by atoms with van der Waals surface area (Å²) in [6, 6.07) is 7.97. The summed E-state index contributed by atoms with van der Waals surface area (Å²) >= 11 is 0. The first kappa shape index (κ1) is 16.3. The number of rotatable bonds is 6. The molecular formula is C19H20N6O. The van der Waals surface area contributed by atoms with E-state index < -0.39 is 0 Å². The summed E-state index contributed by atoms with van der Waals surface area (Å²) in [5.41, 5.74) is 1.67. The quantitative estimate of drug-likeness (QED) is 0.575. The summed E-state index contributed by atoms with van der Waals surface area (Å²) in [5.74, 6) is 2.41. The lowest BCUT2D eigenvalue weighted by atomic mass is 10.1. The molecule has 0 spiro atoms. The highest BCUT2D eigenvalue weighted by Gasteiger charge is 2.15. The third-order valence-corrected chi connectivity index (χ3v) is 4.30. The Kier molecular flexibility index (Phi) is 4.35. The normalized spacial score (nSPS) is 12.4. The maximum atomic E-state index is 5.41. The van der Waals surface area contributed by atoms with E-state index in [1.165, 1.54) is 0 Å². The Morgan fingerprint density at radius 2 is 2.12 bits per heavy atom. The van der Waals surface area contributed by atoms with Gasteiger partial charge >= 0.3 is 0 Å². The van der Waals surface area contributed by atoms with Crippen LogP contribution < -0.4 is 5.32 Å². The zero-order valence-electron chi connectivity index (χ0n) is 14.8. The first-order valence-electron chi connectivity index (χ1n) is 8.60. The first-order chi connectivity index (χ1) is 12.7. The van der Waals surface area contributed by atoms with E-state index >= 15 is 0 Å². The van der Waals surface area contributed by atoms with Gasteiger partial charge in [-0.3, -0.25) is 9.67 Å². The molecule has 0 saturated carbocycles. The third kappa shape index (κ3) is 3.28. The van der Waals surface area contributed by atoms with Gasteiger partial charge in [0.15, 0.2) is 11.5 Å². The second kappa shape index (κ2) is 6.95. The molecule has 0 aliphatic heterocycles. The lowest BCUT2D eigenvalue weighted by Crippen LogP contribution is -2.17. The van der Waals surface area contributed by atoms with Gasteiger partial charge in [-0.1, -0.05) is 0 Å². The van der Waals surface area contributed by atoms with Gasteiger partial charge in [0, 0.05) is 37.5 Å². The van der Waals surface area contributed by atoms with Gasteiger partial charge in [-0.15, -0.1) is 0 Å². The number of fused-ring (bicyclic) bond motifs is 1. The van der Waals surface area contributed by atoms with Gasteiger partial charge in [0.25, 0.3) is 0 Å². The van der Waals surface area contributed by atoms with E-state index in [4.69, 9.17) is 9.40 Å². The fraction of sp³-hybridized carbons (Fsp3) is 0.263. The Labute approximate surface area is 151 Å². The Hall–Kier alpha value is -3.22. The number of nitrogens with zero attached hydrogens (tertiary/aromatic N) is 5. The van der Waals surface area contributed by atoms with Crippen LogP contribution in [-0.2, 0) is 13.5 Å². The highest BCUT2D eigenvalue weighted by atomic mass is 16.3. The van der Waals surface area contributed by atoms with Crippen LogP contribution in [0, 0.1) is 0 Å². The second-order valence-electron chi connectivity index (χ2n) is 6.31. The number of aromatic nitrogens is 5. The largest absolute Gasteiger partial charge is 0.469 e. The molecule has 132 valence electrons. The van der Waals surface area contributed by atoms with Crippen LogP contribution in [0.5, 0.6) is 0 Å². The minimum Gasteiger partial charge on any atom is -0.469 e. The predicted octanol–water partition coefficient (Wildman–Crippen LogP) is 3.45. The van der Waals surface area contributed by atoms with Gasteiger partial charge in [0.05, 0.1) is 17.8 Å². The minimum atomic E-state index is 0.222. The molecule has 4 aromatic rings. The Bertz CT molecular complexity index is 994. The number of hydrogen-bond acceptors (Lipinski definition) is 6. The Morgan fingerprint density at radius 3 is 2.88 bits per heavy atom. The van der Waals surface area contributed by atoms with Crippen LogP contribution in [0.2, 0.25) is 0 Å². The molecule has 1 atom stereocenters. The Balaban J connectivity index is 1.62. The second-order valence-corrected chi connectivity index (χ2v) is 6.31. The van der Waals surface area contributed by atoms with Gasteiger partial charge in [0.2, 0.25) is 0 Å². The van der Waals surface area contributed by atoms with E-state index in [-0.39, 0.29) is 6.04 Å². The van der Waals surface area contributed by atoms with Crippen molar-refractivity contribution >= 4 is 16.9 Å². The fourth-order valence-electron chi connectivity index (χ4n) is 2.88. The van der Waals surface area contributed by atoms with Crippen molar-refractivity contribution in [2.45, 2.75) is 25.8 Å². The summed E-state index contributed by atoms with van der Waals surface area (Å²) in [6.45, 7) is 2.14. The zero-order chi connectivity index (χ0) is 17.9. The molecule has 7 nitrogen and oxygen atoms in total. The molecule has 0 amide bonds. The number of nitrogens with one attached hydrogen (secondary N) is 1. The standard InChI is InChI=1S/C19H20N6O/c1-13(7-8-15-6-4-10-26-15)22-18-16-12-21-25(2)19(16)24-17(23-18)14-5-3-9-20-11-14/h3-6,9-13H,7-8H2,1-2H3,(H,22,23,24). The monoisotopic (exact) mass is 348 g/mol. The molecule has 4 aromatic heterocycles. The molecule has 0 radical (unpaired) electrons. The van der Waals surface area contributed by atoms with Gasteiger partial charge in [-0.25, -0.2) is 9.97 Å². The van der Waals surface area contributed by atoms with E-state index in [9.17, 15) is 0 Å². The van der Waals surface area contributed by atoms with Crippen LogP contribution in [0.25, 0.3) is 22.4 Å². The van der Waals surface area contributed by atoms with E-state index in [1.54, 1.807) is 29.5 Å².